The third-order valence-electron chi connectivity index (χ3n) is 3.52. The first-order valence-electron chi connectivity index (χ1n) is 5.02. The summed E-state index contributed by atoms with van der Waals surface area (Å²) in [6.07, 6.45) is 7.37. The molecule has 2 fully saturated rings. The molecule has 1 heterocycles. The van der Waals surface area contributed by atoms with E-state index in [0.29, 0.717) is 0 Å². The van der Waals surface area contributed by atoms with Gasteiger partial charge >= 0.3 is 0 Å². The van der Waals surface area contributed by atoms with E-state index in [2.05, 4.69) is 12.2 Å². The Labute approximate surface area is 69.6 Å². The summed E-state index contributed by atoms with van der Waals surface area (Å²) in [5.74, 6) is 0.989. The zero-order chi connectivity index (χ0) is 7.73. The van der Waals surface area contributed by atoms with Crippen molar-refractivity contribution in [3.8, 4) is 0 Å². The Morgan fingerprint density at radius 3 is 2.91 bits per heavy atom. The van der Waals surface area contributed by atoms with Crippen LogP contribution in [0.3, 0.4) is 0 Å². The lowest BCUT2D eigenvalue weighted by atomic mass is 9.70. The molecular formula is C10H19N. The van der Waals surface area contributed by atoms with Gasteiger partial charge in [0.15, 0.2) is 0 Å². The highest BCUT2D eigenvalue weighted by molar-refractivity contribution is 4.91. The van der Waals surface area contributed by atoms with E-state index in [-0.39, 0.29) is 0 Å². The highest BCUT2D eigenvalue weighted by Gasteiger charge is 2.36. The largest absolute Gasteiger partial charge is 0.316 e. The second-order valence-corrected chi connectivity index (χ2v) is 4.63. The fraction of sp³-hybridized carbons (Fsp3) is 1.00. The summed E-state index contributed by atoms with van der Waals surface area (Å²) in [7, 11) is 0. The van der Waals surface area contributed by atoms with Gasteiger partial charge in [-0.1, -0.05) is 19.8 Å². The van der Waals surface area contributed by atoms with Gasteiger partial charge in [0, 0.05) is 6.54 Å². The summed E-state index contributed by atoms with van der Waals surface area (Å²) >= 11 is 0. The molecule has 11 heavy (non-hydrogen) atoms. The van der Waals surface area contributed by atoms with Crippen molar-refractivity contribution in [3.63, 3.8) is 0 Å². The molecule has 1 spiro atoms. The average molecular weight is 153 g/mol. The van der Waals surface area contributed by atoms with Crippen molar-refractivity contribution in [1.29, 1.82) is 0 Å². The van der Waals surface area contributed by atoms with E-state index >= 15 is 0 Å². The zero-order valence-corrected chi connectivity index (χ0v) is 7.53. The van der Waals surface area contributed by atoms with Crippen LogP contribution in [0.2, 0.25) is 0 Å². The van der Waals surface area contributed by atoms with Gasteiger partial charge < -0.3 is 5.32 Å². The summed E-state index contributed by atoms with van der Waals surface area (Å²) < 4.78 is 0. The van der Waals surface area contributed by atoms with Crippen LogP contribution in [0.25, 0.3) is 0 Å². The Hall–Kier alpha value is -0.0400. The topological polar surface area (TPSA) is 12.0 Å². The van der Waals surface area contributed by atoms with Crippen LogP contribution in [0.5, 0.6) is 0 Å². The third-order valence-corrected chi connectivity index (χ3v) is 3.52. The molecule has 1 heteroatoms. The lowest BCUT2D eigenvalue weighted by Crippen LogP contribution is -2.29. The Morgan fingerprint density at radius 2 is 2.27 bits per heavy atom. The molecule has 1 nitrogen and oxygen atoms in total. The lowest BCUT2D eigenvalue weighted by Gasteiger charge is -2.36. The van der Waals surface area contributed by atoms with Crippen LogP contribution < -0.4 is 5.32 Å². The molecule has 2 aliphatic rings. The molecule has 64 valence electrons. The van der Waals surface area contributed by atoms with Crippen molar-refractivity contribution in [2.45, 2.75) is 39.0 Å². The number of hydrogen-bond donors (Lipinski definition) is 1. The third kappa shape index (κ3) is 1.44. The van der Waals surface area contributed by atoms with Crippen LogP contribution in [0.15, 0.2) is 0 Å². The number of hydrogen-bond acceptors (Lipinski definition) is 1. The van der Waals surface area contributed by atoms with Gasteiger partial charge in [0.05, 0.1) is 0 Å². The van der Waals surface area contributed by atoms with Crippen LogP contribution in [-0.4, -0.2) is 13.1 Å². The molecule has 2 rings (SSSR count). The van der Waals surface area contributed by atoms with Crippen molar-refractivity contribution in [2.24, 2.45) is 11.3 Å². The van der Waals surface area contributed by atoms with Crippen molar-refractivity contribution < 1.29 is 0 Å². The first-order chi connectivity index (χ1) is 5.31. The average Bonchev–Trinajstić information content (AvgIpc) is 2.37. The first kappa shape index (κ1) is 7.60. The molecule has 0 radical (unpaired) electrons. The monoisotopic (exact) mass is 153 g/mol. The zero-order valence-electron chi connectivity index (χ0n) is 7.53. The van der Waals surface area contributed by atoms with Gasteiger partial charge in [-0.25, -0.2) is 0 Å². The van der Waals surface area contributed by atoms with Crippen molar-refractivity contribution in [2.75, 3.05) is 13.1 Å². The van der Waals surface area contributed by atoms with Crippen molar-refractivity contribution in [3.05, 3.63) is 0 Å². The fourth-order valence-corrected chi connectivity index (χ4v) is 2.95. The molecule has 0 aromatic carbocycles. The van der Waals surface area contributed by atoms with E-state index in [4.69, 9.17) is 0 Å². The van der Waals surface area contributed by atoms with E-state index in [1.807, 2.05) is 0 Å². The van der Waals surface area contributed by atoms with E-state index in [1.54, 1.807) is 0 Å². The Kier molecular flexibility index (Phi) is 1.92. The molecule has 0 aromatic heterocycles. The van der Waals surface area contributed by atoms with Gasteiger partial charge in [0.25, 0.3) is 0 Å². The molecule has 0 aromatic rings. The maximum Gasteiger partial charge on any atom is 0.000839 e. The van der Waals surface area contributed by atoms with Gasteiger partial charge in [-0.2, -0.15) is 0 Å². The second kappa shape index (κ2) is 2.78. The standard InChI is InChI=1S/C10H19N/c1-9-3-2-4-10(7-9)5-6-11-8-10/h9,11H,2-8H2,1H3/t9-,10+/m1/s1. The normalized spacial score (nSPS) is 45.0. The molecule has 0 unspecified atom stereocenters. The predicted octanol–water partition coefficient (Wildman–Crippen LogP) is 2.18. The predicted molar refractivity (Wildman–Crippen MR) is 47.6 cm³/mol. The lowest BCUT2D eigenvalue weighted by molar-refractivity contribution is 0.169. The SMILES string of the molecule is C[C@@H]1CCC[C@]2(CCNC2)C1. The van der Waals surface area contributed by atoms with E-state index in [0.717, 1.165) is 11.3 Å². The minimum atomic E-state index is 0.734. The molecule has 0 bridgehead atoms. The molecule has 1 aliphatic heterocycles. The van der Waals surface area contributed by atoms with E-state index < -0.39 is 0 Å². The summed E-state index contributed by atoms with van der Waals surface area (Å²) in [6.45, 7) is 4.99. The number of nitrogens with one attached hydrogen (secondary N) is 1. The smallest absolute Gasteiger partial charge is 0.000839 e. The molecule has 2 atom stereocenters. The van der Waals surface area contributed by atoms with E-state index in [9.17, 15) is 0 Å². The first-order valence-corrected chi connectivity index (χ1v) is 5.02. The van der Waals surface area contributed by atoms with Gasteiger partial charge in [-0.3, -0.25) is 0 Å². The summed E-state index contributed by atoms with van der Waals surface area (Å²) in [4.78, 5) is 0. The molecule has 1 N–H and O–H groups in total. The fourth-order valence-electron chi connectivity index (χ4n) is 2.95. The second-order valence-electron chi connectivity index (χ2n) is 4.63. The minimum Gasteiger partial charge on any atom is -0.316 e. The highest BCUT2D eigenvalue weighted by atomic mass is 14.9. The van der Waals surface area contributed by atoms with Crippen LogP contribution in [0.4, 0.5) is 0 Å². The Balaban J connectivity index is 2.00. The van der Waals surface area contributed by atoms with Crippen molar-refractivity contribution >= 4 is 0 Å². The quantitative estimate of drug-likeness (QED) is 0.562. The molecule has 1 saturated heterocycles. The van der Waals surface area contributed by atoms with Gasteiger partial charge in [-0.15, -0.1) is 0 Å². The molecular weight excluding hydrogens is 134 g/mol. The number of rotatable bonds is 0. The van der Waals surface area contributed by atoms with Crippen molar-refractivity contribution in [1.82, 2.24) is 5.32 Å². The minimum absolute atomic E-state index is 0.734. The summed E-state index contributed by atoms with van der Waals surface area (Å²) in [5, 5.41) is 3.50. The Morgan fingerprint density at radius 1 is 1.36 bits per heavy atom. The summed E-state index contributed by atoms with van der Waals surface area (Å²) in [6, 6.07) is 0. The van der Waals surface area contributed by atoms with E-state index in [1.165, 1.54) is 45.2 Å². The summed E-state index contributed by atoms with van der Waals surface area (Å²) in [5.41, 5.74) is 0.734. The molecule has 1 aliphatic carbocycles. The van der Waals surface area contributed by atoms with Crippen LogP contribution in [-0.2, 0) is 0 Å². The highest BCUT2D eigenvalue weighted by Crippen LogP contribution is 2.43. The van der Waals surface area contributed by atoms with Crippen LogP contribution in [0, 0.1) is 11.3 Å². The maximum absolute atomic E-state index is 3.50. The molecule has 1 saturated carbocycles. The maximum atomic E-state index is 3.50. The van der Waals surface area contributed by atoms with Crippen LogP contribution in [0.1, 0.15) is 39.0 Å². The van der Waals surface area contributed by atoms with Gasteiger partial charge in [-0.05, 0) is 37.1 Å². The van der Waals surface area contributed by atoms with Gasteiger partial charge in [0.2, 0.25) is 0 Å². The molecule has 0 amide bonds. The van der Waals surface area contributed by atoms with Gasteiger partial charge in [0.1, 0.15) is 0 Å². The van der Waals surface area contributed by atoms with Crippen LogP contribution >= 0.6 is 0 Å². The Bertz CT molecular complexity index is 136.